The lowest BCUT2D eigenvalue weighted by atomic mass is 9.82. The van der Waals surface area contributed by atoms with E-state index in [1.54, 1.807) is 24.3 Å². The maximum absolute atomic E-state index is 12.8. The Bertz CT molecular complexity index is 772. The summed E-state index contributed by atoms with van der Waals surface area (Å²) in [6, 6.07) is 8.60. The topological polar surface area (TPSA) is 89.4 Å². The molecule has 1 aromatic carbocycles. The van der Waals surface area contributed by atoms with Crippen LogP contribution in [0.4, 0.5) is 0 Å². The fraction of sp³-hybridized carbons (Fsp3) is 0.444. The number of nitrogens with zero attached hydrogens (tertiary/aromatic N) is 2. The quantitative estimate of drug-likeness (QED) is 0.804. The molecule has 3 N–H and O–H groups in total. The second-order valence-electron chi connectivity index (χ2n) is 6.98. The maximum atomic E-state index is 12.8. The van der Waals surface area contributed by atoms with Gasteiger partial charge in [0, 0.05) is 24.1 Å². The molecular weight excluding hydrogens is 306 g/mol. The SMILES string of the molecule is O=C(c1cc(-c2ccccc2O)n[nH]1)N1C[C@H]2CCC[C@@]2(CO)C1. The number of carbonyl (C=O) groups excluding carboxylic acids is 1. The summed E-state index contributed by atoms with van der Waals surface area (Å²) in [6.45, 7) is 1.45. The van der Waals surface area contributed by atoms with Crippen LogP contribution in [0.2, 0.25) is 0 Å². The number of fused-ring (bicyclic) bond motifs is 1. The van der Waals surface area contributed by atoms with Gasteiger partial charge >= 0.3 is 0 Å². The Kier molecular flexibility index (Phi) is 3.57. The van der Waals surface area contributed by atoms with Gasteiger partial charge in [0.15, 0.2) is 0 Å². The van der Waals surface area contributed by atoms with Crippen molar-refractivity contribution in [3.63, 3.8) is 0 Å². The van der Waals surface area contributed by atoms with Gasteiger partial charge in [0.25, 0.3) is 5.91 Å². The predicted octanol–water partition coefficient (Wildman–Crippen LogP) is 2.02. The molecule has 6 nitrogen and oxygen atoms in total. The van der Waals surface area contributed by atoms with Gasteiger partial charge in [0.2, 0.25) is 0 Å². The fourth-order valence-corrected chi connectivity index (χ4v) is 4.26. The highest BCUT2D eigenvalue weighted by molar-refractivity contribution is 5.93. The second kappa shape index (κ2) is 5.63. The molecule has 24 heavy (non-hydrogen) atoms. The number of H-pyrrole nitrogens is 1. The van der Waals surface area contributed by atoms with Gasteiger partial charge in [-0.15, -0.1) is 0 Å². The number of carbonyl (C=O) groups is 1. The van der Waals surface area contributed by atoms with E-state index in [-0.39, 0.29) is 23.7 Å². The highest BCUT2D eigenvalue weighted by Gasteiger charge is 2.50. The summed E-state index contributed by atoms with van der Waals surface area (Å²) in [5.41, 5.74) is 1.45. The van der Waals surface area contributed by atoms with E-state index in [1.807, 2.05) is 11.0 Å². The minimum Gasteiger partial charge on any atom is -0.507 e. The lowest BCUT2D eigenvalue weighted by Crippen LogP contribution is -2.34. The zero-order valence-electron chi connectivity index (χ0n) is 13.4. The molecule has 1 aliphatic heterocycles. The Morgan fingerprint density at radius 1 is 1.42 bits per heavy atom. The molecule has 0 unspecified atom stereocenters. The highest BCUT2D eigenvalue weighted by atomic mass is 16.3. The monoisotopic (exact) mass is 327 g/mol. The zero-order chi connectivity index (χ0) is 16.7. The lowest BCUT2D eigenvalue weighted by Gasteiger charge is -2.25. The Labute approximate surface area is 140 Å². The second-order valence-corrected chi connectivity index (χ2v) is 6.98. The third-order valence-electron chi connectivity index (χ3n) is 5.63. The Morgan fingerprint density at radius 2 is 2.25 bits per heavy atom. The number of hydrogen-bond donors (Lipinski definition) is 3. The maximum Gasteiger partial charge on any atom is 0.271 e. The van der Waals surface area contributed by atoms with Crippen molar-refractivity contribution < 1.29 is 15.0 Å². The van der Waals surface area contributed by atoms with E-state index in [4.69, 9.17) is 0 Å². The smallest absolute Gasteiger partial charge is 0.271 e. The number of rotatable bonds is 3. The molecule has 0 spiro atoms. The average Bonchev–Trinajstić information content (AvgIpc) is 3.28. The van der Waals surface area contributed by atoms with Crippen molar-refractivity contribution in [3.05, 3.63) is 36.0 Å². The molecule has 0 bridgehead atoms. The fourth-order valence-electron chi connectivity index (χ4n) is 4.26. The first-order chi connectivity index (χ1) is 11.6. The van der Waals surface area contributed by atoms with Crippen molar-refractivity contribution in [1.82, 2.24) is 15.1 Å². The number of aromatic nitrogens is 2. The molecule has 1 amide bonds. The van der Waals surface area contributed by atoms with Crippen molar-refractivity contribution in [2.75, 3.05) is 19.7 Å². The summed E-state index contributed by atoms with van der Waals surface area (Å²) in [4.78, 5) is 14.6. The molecule has 2 fully saturated rings. The minimum absolute atomic E-state index is 0.0913. The van der Waals surface area contributed by atoms with Crippen LogP contribution in [-0.4, -0.2) is 50.9 Å². The van der Waals surface area contributed by atoms with E-state index in [0.717, 1.165) is 19.3 Å². The van der Waals surface area contributed by atoms with Crippen molar-refractivity contribution >= 4 is 5.91 Å². The predicted molar refractivity (Wildman–Crippen MR) is 88.5 cm³/mol. The summed E-state index contributed by atoms with van der Waals surface area (Å²) < 4.78 is 0. The van der Waals surface area contributed by atoms with Crippen LogP contribution in [0.1, 0.15) is 29.8 Å². The first-order valence-corrected chi connectivity index (χ1v) is 8.37. The number of aliphatic hydroxyl groups excluding tert-OH is 1. The van der Waals surface area contributed by atoms with E-state index in [1.165, 1.54) is 0 Å². The number of phenols is 1. The molecule has 1 aliphatic carbocycles. The number of likely N-dealkylation sites (tertiary alicyclic amines) is 1. The molecule has 2 aliphatic rings. The number of aliphatic hydroxyl groups is 1. The number of para-hydroxylation sites is 1. The Morgan fingerprint density at radius 3 is 3.00 bits per heavy atom. The molecule has 1 saturated carbocycles. The van der Waals surface area contributed by atoms with Crippen LogP contribution in [-0.2, 0) is 0 Å². The summed E-state index contributed by atoms with van der Waals surface area (Å²) in [6.07, 6.45) is 3.20. The van der Waals surface area contributed by atoms with E-state index in [0.29, 0.717) is 36.0 Å². The number of aromatic amines is 1. The van der Waals surface area contributed by atoms with Crippen LogP contribution in [0.15, 0.2) is 30.3 Å². The summed E-state index contributed by atoms with van der Waals surface area (Å²) in [5.74, 6) is 0.441. The van der Waals surface area contributed by atoms with Crippen LogP contribution in [0.3, 0.4) is 0 Å². The van der Waals surface area contributed by atoms with E-state index in [9.17, 15) is 15.0 Å². The standard InChI is InChI=1S/C18H21N3O3/c22-11-18-7-3-4-12(18)9-21(10-18)17(24)15-8-14(19-20-15)13-5-1-2-6-16(13)23/h1-2,5-6,8,12,22-23H,3-4,7,9-11H2,(H,19,20)/t12-,18+/m1/s1. The largest absolute Gasteiger partial charge is 0.507 e. The third kappa shape index (κ3) is 2.29. The summed E-state index contributed by atoms with van der Waals surface area (Å²) >= 11 is 0. The Balaban J connectivity index is 1.55. The molecule has 2 heterocycles. The van der Waals surface area contributed by atoms with E-state index in [2.05, 4.69) is 10.2 Å². The average molecular weight is 327 g/mol. The zero-order valence-corrected chi connectivity index (χ0v) is 13.4. The molecule has 1 saturated heterocycles. The number of benzene rings is 1. The van der Waals surface area contributed by atoms with Crippen molar-refractivity contribution in [3.8, 4) is 17.0 Å². The number of amides is 1. The van der Waals surface area contributed by atoms with Gasteiger partial charge in [0.1, 0.15) is 11.4 Å². The Hall–Kier alpha value is -2.34. The van der Waals surface area contributed by atoms with Gasteiger partial charge < -0.3 is 15.1 Å². The van der Waals surface area contributed by atoms with Gasteiger partial charge in [0.05, 0.1) is 12.3 Å². The number of aromatic hydroxyl groups is 1. The van der Waals surface area contributed by atoms with Crippen LogP contribution < -0.4 is 0 Å². The molecule has 2 aromatic rings. The van der Waals surface area contributed by atoms with Gasteiger partial charge in [-0.25, -0.2) is 0 Å². The molecule has 1 aromatic heterocycles. The molecule has 6 heteroatoms. The molecular formula is C18H21N3O3. The molecule has 0 radical (unpaired) electrons. The van der Waals surface area contributed by atoms with Gasteiger partial charge in [-0.2, -0.15) is 5.10 Å². The first-order valence-electron chi connectivity index (χ1n) is 8.37. The lowest BCUT2D eigenvalue weighted by molar-refractivity contribution is 0.0729. The van der Waals surface area contributed by atoms with Gasteiger partial charge in [-0.05, 0) is 37.0 Å². The van der Waals surface area contributed by atoms with E-state index >= 15 is 0 Å². The number of nitrogens with one attached hydrogen (secondary N) is 1. The third-order valence-corrected chi connectivity index (χ3v) is 5.63. The molecule has 2 atom stereocenters. The molecule has 4 rings (SSSR count). The van der Waals surface area contributed by atoms with Crippen molar-refractivity contribution in [1.29, 1.82) is 0 Å². The van der Waals surface area contributed by atoms with Crippen molar-refractivity contribution in [2.24, 2.45) is 11.3 Å². The summed E-state index contributed by atoms with van der Waals surface area (Å²) in [7, 11) is 0. The minimum atomic E-state index is -0.115. The van der Waals surface area contributed by atoms with Gasteiger partial charge in [-0.1, -0.05) is 18.6 Å². The summed E-state index contributed by atoms with van der Waals surface area (Å²) in [5, 5.41) is 26.7. The highest BCUT2D eigenvalue weighted by Crippen LogP contribution is 2.48. The van der Waals surface area contributed by atoms with E-state index < -0.39 is 0 Å². The first kappa shape index (κ1) is 15.2. The molecule has 126 valence electrons. The normalized spacial score (nSPS) is 25.9. The number of phenolic OH excluding ortho intramolecular Hbond substituents is 1. The van der Waals surface area contributed by atoms with Crippen molar-refractivity contribution in [2.45, 2.75) is 19.3 Å². The van der Waals surface area contributed by atoms with Crippen LogP contribution >= 0.6 is 0 Å². The van der Waals surface area contributed by atoms with Crippen LogP contribution in [0.5, 0.6) is 5.75 Å². The van der Waals surface area contributed by atoms with Crippen LogP contribution in [0, 0.1) is 11.3 Å². The van der Waals surface area contributed by atoms with Crippen LogP contribution in [0.25, 0.3) is 11.3 Å². The van der Waals surface area contributed by atoms with Gasteiger partial charge in [-0.3, -0.25) is 9.89 Å². The number of hydrogen-bond acceptors (Lipinski definition) is 4.